The van der Waals surface area contributed by atoms with E-state index in [1.54, 1.807) is 0 Å². The van der Waals surface area contributed by atoms with Crippen LogP contribution < -0.4 is 10.6 Å². The van der Waals surface area contributed by atoms with Gasteiger partial charge in [-0.05, 0) is 57.7 Å². The minimum atomic E-state index is 0. The molecule has 0 aromatic carbocycles. The number of carbonyl (C=O) groups is 1. The Labute approximate surface area is 154 Å². The molecule has 0 aromatic rings. The van der Waals surface area contributed by atoms with Crippen LogP contribution in [0.5, 0.6) is 0 Å². The molecule has 1 saturated heterocycles. The lowest BCUT2D eigenvalue weighted by molar-refractivity contribution is -0.122. The van der Waals surface area contributed by atoms with Gasteiger partial charge in [-0.15, -0.1) is 24.8 Å². The summed E-state index contributed by atoms with van der Waals surface area (Å²) < 4.78 is 0. The molecule has 0 spiro atoms. The third kappa shape index (κ3) is 8.06. The van der Waals surface area contributed by atoms with Crippen molar-refractivity contribution < 1.29 is 4.79 Å². The van der Waals surface area contributed by atoms with Crippen LogP contribution in [-0.2, 0) is 4.79 Å². The molecule has 2 fully saturated rings. The fourth-order valence-electron chi connectivity index (χ4n) is 3.84. The Kier molecular flexibility index (Phi) is 12.3. The third-order valence-corrected chi connectivity index (χ3v) is 5.43. The highest BCUT2D eigenvalue weighted by molar-refractivity contribution is 5.85. The van der Waals surface area contributed by atoms with E-state index in [4.69, 9.17) is 0 Å². The predicted octanol–water partition coefficient (Wildman–Crippen LogP) is 2.85. The number of piperidine rings is 1. The van der Waals surface area contributed by atoms with Gasteiger partial charge in [0.15, 0.2) is 0 Å². The van der Waals surface area contributed by atoms with Crippen LogP contribution in [0.3, 0.4) is 0 Å². The van der Waals surface area contributed by atoms with Gasteiger partial charge in [0, 0.05) is 25.6 Å². The Morgan fingerprint density at radius 1 is 1.17 bits per heavy atom. The van der Waals surface area contributed by atoms with Crippen LogP contribution in [0, 0.1) is 11.8 Å². The highest BCUT2D eigenvalue weighted by Crippen LogP contribution is 2.24. The van der Waals surface area contributed by atoms with Crippen LogP contribution in [0.4, 0.5) is 0 Å². The molecule has 23 heavy (non-hydrogen) atoms. The molecule has 1 unspecified atom stereocenters. The molecule has 0 bridgehead atoms. The summed E-state index contributed by atoms with van der Waals surface area (Å²) >= 11 is 0. The van der Waals surface area contributed by atoms with Crippen molar-refractivity contribution >= 4 is 30.7 Å². The molecular formula is C17H35Cl2N3O. The first-order valence-electron chi connectivity index (χ1n) is 8.84. The fraction of sp³-hybridized carbons (Fsp3) is 0.941. The van der Waals surface area contributed by atoms with Crippen molar-refractivity contribution in [3.63, 3.8) is 0 Å². The number of amides is 1. The van der Waals surface area contributed by atoms with Crippen molar-refractivity contribution in [2.75, 3.05) is 33.2 Å². The number of carbonyl (C=O) groups excluding carboxylic acids is 1. The van der Waals surface area contributed by atoms with Gasteiger partial charge in [-0.2, -0.15) is 0 Å². The lowest BCUT2D eigenvalue weighted by Gasteiger charge is -2.28. The number of nitrogens with zero attached hydrogens (tertiary/aromatic N) is 1. The van der Waals surface area contributed by atoms with E-state index in [-0.39, 0.29) is 30.7 Å². The molecular weight excluding hydrogens is 333 g/mol. The van der Waals surface area contributed by atoms with Gasteiger partial charge in [0.05, 0.1) is 0 Å². The van der Waals surface area contributed by atoms with E-state index in [1.807, 2.05) is 0 Å². The van der Waals surface area contributed by atoms with Gasteiger partial charge in [0.25, 0.3) is 0 Å². The SMILES string of the molecule is CC(CC(=O)NCCN(C)C1CCCC1)C1CCNCC1.Cl.Cl. The topological polar surface area (TPSA) is 44.4 Å². The molecule has 6 heteroatoms. The van der Waals surface area contributed by atoms with Gasteiger partial charge in [-0.1, -0.05) is 19.8 Å². The summed E-state index contributed by atoms with van der Waals surface area (Å²) in [4.78, 5) is 14.5. The summed E-state index contributed by atoms with van der Waals surface area (Å²) in [6, 6.07) is 0.746. The van der Waals surface area contributed by atoms with Crippen molar-refractivity contribution in [3.05, 3.63) is 0 Å². The van der Waals surface area contributed by atoms with Crippen molar-refractivity contribution in [2.45, 2.75) is 57.9 Å². The van der Waals surface area contributed by atoms with Gasteiger partial charge < -0.3 is 15.5 Å². The number of halogens is 2. The normalized spacial score (nSPS) is 20.7. The maximum Gasteiger partial charge on any atom is 0.220 e. The first-order valence-corrected chi connectivity index (χ1v) is 8.84. The molecule has 2 rings (SSSR count). The largest absolute Gasteiger partial charge is 0.355 e. The molecule has 1 heterocycles. The monoisotopic (exact) mass is 367 g/mol. The number of hydrogen-bond donors (Lipinski definition) is 2. The Morgan fingerprint density at radius 3 is 2.39 bits per heavy atom. The zero-order valence-electron chi connectivity index (χ0n) is 14.7. The minimum absolute atomic E-state index is 0. The number of hydrogen-bond acceptors (Lipinski definition) is 3. The highest BCUT2D eigenvalue weighted by atomic mass is 35.5. The molecule has 0 radical (unpaired) electrons. The molecule has 1 saturated carbocycles. The Balaban J connectivity index is 0.00000242. The average Bonchev–Trinajstić information content (AvgIpc) is 3.02. The molecule has 1 atom stereocenters. The molecule has 1 amide bonds. The molecule has 1 aliphatic carbocycles. The lowest BCUT2D eigenvalue weighted by Crippen LogP contribution is -2.38. The van der Waals surface area contributed by atoms with E-state index < -0.39 is 0 Å². The van der Waals surface area contributed by atoms with Crippen LogP contribution in [0.25, 0.3) is 0 Å². The van der Waals surface area contributed by atoms with E-state index in [0.29, 0.717) is 12.3 Å². The van der Waals surface area contributed by atoms with Crippen molar-refractivity contribution in [1.29, 1.82) is 0 Å². The van der Waals surface area contributed by atoms with Crippen molar-refractivity contribution in [1.82, 2.24) is 15.5 Å². The molecule has 0 aromatic heterocycles. The van der Waals surface area contributed by atoms with E-state index in [2.05, 4.69) is 29.5 Å². The zero-order valence-corrected chi connectivity index (χ0v) is 16.3. The van der Waals surface area contributed by atoms with Gasteiger partial charge in [-0.25, -0.2) is 0 Å². The summed E-state index contributed by atoms with van der Waals surface area (Å²) in [5, 5.41) is 6.50. The number of rotatable bonds is 7. The Hall–Kier alpha value is -0.0300. The molecule has 2 N–H and O–H groups in total. The Bertz CT molecular complexity index is 319. The summed E-state index contributed by atoms with van der Waals surface area (Å²) in [5.41, 5.74) is 0. The van der Waals surface area contributed by atoms with Gasteiger partial charge in [0.2, 0.25) is 5.91 Å². The second-order valence-corrected chi connectivity index (χ2v) is 7.04. The Morgan fingerprint density at radius 2 is 1.78 bits per heavy atom. The van der Waals surface area contributed by atoms with Crippen molar-refractivity contribution in [3.8, 4) is 0 Å². The average molecular weight is 368 g/mol. The van der Waals surface area contributed by atoms with Gasteiger partial charge >= 0.3 is 0 Å². The van der Waals surface area contributed by atoms with Crippen LogP contribution in [-0.4, -0.2) is 50.1 Å². The van der Waals surface area contributed by atoms with Gasteiger partial charge in [0.1, 0.15) is 0 Å². The van der Waals surface area contributed by atoms with Gasteiger partial charge in [-0.3, -0.25) is 4.79 Å². The van der Waals surface area contributed by atoms with E-state index in [0.717, 1.165) is 38.1 Å². The highest BCUT2D eigenvalue weighted by Gasteiger charge is 2.22. The maximum absolute atomic E-state index is 12.1. The standard InChI is InChI=1S/C17H33N3O.2ClH/c1-14(15-7-9-18-10-8-15)13-17(21)19-11-12-20(2)16-5-3-4-6-16;;/h14-16,18H,3-13H2,1-2H3,(H,19,21);2*1H. The lowest BCUT2D eigenvalue weighted by atomic mass is 9.84. The summed E-state index contributed by atoms with van der Waals surface area (Å²) in [6.07, 6.45) is 8.54. The molecule has 2 aliphatic rings. The van der Waals surface area contributed by atoms with Crippen LogP contribution in [0.1, 0.15) is 51.9 Å². The maximum atomic E-state index is 12.1. The fourth-order valence-corrected chi connectivity index (χ4v) is 3.84. The first kappa shape index (κ1) is 23.0. The smallest absolute Gasteiger partial charge is 0.220 e. The molecule has 1 aliphatic heterocycles. The molecule has 138 valence electrons. The number of likely N-dealkylation sites (N-methyl/N-ethyl adjacent to an activating group) is 1. The number of nitrogens with one attached hydrogen (secondary N) is 2. The summed E-state index contributed by atoms with van der Waals surface area (Å²) in [5.74, 6) is 1.47. The second kappa shape index (κ2) is 12.3. The van der Waals surface area contributed by atoms with E-state index in [9.17, 15) is 4.79 Å². The third-order valence-electron chi connectivity index (χ3n) is 5.43. The summed E-state index contributed by atoms with van der Waals surface area (Å²) in [7, 11) is 2.19. The minimum Gasteiger partial charge on any atom is -0.355 e. The van der Waals surface area contributed by atoms with Crippen LogP contribution >= 0.6 is 24.8 Å². The van der Waals surface area contributed by atoms with E-state index in [1.165, 1.54) is 38.5 Å². The van der Waals surface area contributed by atoms with Crippen LogP contribution in [0.15, 0.2) is 0 Å². The van der Waals surface area contributed by atoms with Crippen LogP contribution in [0.2, 0.25) is 0 Å². The van der Waals surface area contributed by atoms with Crippen molar-refractivity contribution in [2.24, 2.45) is 11.8 Å². The quantitative estimate of drug-likeness (QED) is 0.726. The predicted molar refractivity (Wildman–Crippen MR) is 102 cm³/mol. The first-order chi connectivity index (χ1) is 10.2. The zero-order chi connectivity index (χ0) is 15.1. The second-order valence-electron chi connectivity index (χ2n) is 7.04. The molecule has 4 nitrogen and oxygen atoms in total. The summed E-state index contributed by atoms with van der Waals surface area (Å²) in [6.45, 7) is 6.24. The van der Waals surface area contributed by atoms with E-state index >= 15 is 0 Å².